The van der Waals surface area contributed by atoms with Gasteiger partial charge in [0.25, 0.3) is 5.91 Å². The molecule has 124 valence electrons. The Labute approximate surface area is 138 Å². The topological polar surface area (TPSA) is 90.8 Å². The predicted octanol–water partition coefficient (Wildman–Crippen LogP) is 2.67. The highest BCUT2D eigenvalue weighted by atomic mass is 19.1. The van der Waals surface area contributed by atoms with Gasteiger partial charge in [-0.2, -0.15) is 5.10 Å². The quantitative estimate of drug-likeness (QED) is 0.582. The van der Waals surface area contributed by atoms with Crippen molar-refractivity contribution in [1.29, 1.82) is 0 Å². The van der Waals surface area contributed by atoms with Gasteiger partial charge in [-0.05, 0) is 49.4 Å². The summed E-state index contributed by atoms with van der Waals surface area (Å²) < 4.78 is 12.8. The minimum atomic E-state index is -0.496. The first kappa shape index (κ1) is 17.1. The van der Waals surface area contributed by atoms with E-state index in [1.165, 1.54) is 48.5 Å². The van der Waals surface area contributed by atoms with Crippen molar-refractivity contribution >= 4 is 23.2 Å². The molecule has 0 aliphatic carbocycles. The van der Waals surface area contributed by atoms with Crippen LogP contribution in [0, 0.1) is 5.82 Å². The molecule has 7 heteroatoms. The molecule has 0 radical (unpaired) electrons. The molecule has 2 amide bonds. The zero-order valence-electron chi connectivity index (χ0n) is 12.9. The van der Waals surface area contributed by atoms with E-state index in [4.69, 9.17) is 0 Å². The standard InChI is InChI=1S/C17H16FN3O3/c1-11(9-16(23)19-14-7-5-13(18)6-8-14)20-21-17(24)12-3-2-4-15(22)10-12/h2-8,10,22H,9H2,1H3,(H,19,23)(H,21,24). The number of rotatable bonds is 5. The van der Waals surface area contributed by atoms with Gasteiger partial charge in [-0.1, -0.05) is 6.07 Å². The average Bonchev–Trinajstić information content (AvgIpc) is 2.54. The minimum Gasteiger partial charge on any atom is -0.508 e. The summed E-state index contributed by atoms with van der Waals surface area (Å²) in [5.74, 6) is -1.25. The van der Waals surface area contributed by atoms with Crippen LogP contribution in [0.2, 0.25) is 0 Å². The molecular formula is C17H16FN3O3. The number of benzene rings is 2. The summed E-state index contributed by atoms with van der Waals surface area (Å²) in [6.45, 7) is 1.59. The van der Waals surface area contributed by atoms with E-state index in [0.29, 0.717) is 11.4 Å². The molecule has 0 heterocycles. The molecule has 6 nitrogen and oxygen atoms in total. The molecule has 24 heavy (non-hydrogen) atoms. The summed E-state index contributed by atoms with van der Waals surface area (Å²) in [6, 6.07) is 11.2. The normalized spacial score (nSPS) is 11.0. The zero-order valence-corrected chi connectivity index (χ0v) is 12.9. The molecule has 0 saturated carbocycles. The number of phenolic OH excluding ortho intramolecular Hbond substituents is 1. The van der Waals surface area contributed by atoms with Gasteiger partial charge in [-0.25, -0.2) is 9.82 Å². The highest BCUT2D eigenvalue weighted by molar-refractivity contribution is 6.06. The number of amides is 2. The van der Waals surface area contributed by atoms with Crippen LogP contribution in [-0.4, -0.2) is 22.6 Å². The Morgan fingerprint density at radius 2 is 1.88 bits per heavy atom. The van der Waals surface area contributed by atoms with E-state index in [0.717, 1.165) is 0 Å². The van der Waals surface area contributed by atoms with Gasteiger partial charge >= 0.3 is 0 Å². The number of hydrogen-bond acceptors (Lipinski definition) is 4. The number of nitrogens with zero attached hydrogens (tertiary/aromatic N) is 1. The van der Waals surface area contributed by atoms with Crippen molar-refractivity contribution in [2.24, 2.45) is 5.10 Å². The minimum absolute atomic E-state index is 0.0259. The predicted molar refractivity (Wildman–Crippen MR) is 88.3 cm³/mol. The number of carbonyl (C=O) groups is 2. The SMILES string of the molecule is CC(CC(=O)Nc1ccc(F)cc1)=NNC(=O)c1cccc(O)c1. The maximum Gasteiger partial charge on any atom is 0.271 e. The first-order chi connectivity index (χ1) is 11.4. The first-order valence-corrected chi connectivity index (χ1v) is 7.12. The molecule has 2 rings (SSSR count). The van der Waals surface area contributed by atoms with E-state index in [-0.39, 0.29) is 29.5 Å². The highest BCUT2D eigenvalue weighted by Gasteiger charge is 2.07. The zero-order chi connectivity index (χ0) is 17.5. The van der Waals surface area contributed by atoms with Crippen molar-refractivity contribution in [3.63, 3.8) is 0 Å². The number of halogens is 1. The van der Waals surface area contributed by atoms with E-state index >= 15 is 0 Å². The lowest BCUT2D eigenvalue weighted by molar-refractivity contribution is -0.115. The number of nitrogens with one attached hydrogen (secondary N) is 2. The number of anilines is 1. The second-order valence-electron chi connectivity index (χ2n) is 5.07. The van der Waals surface area contributed by atoms with E-state index < -0.39 is 5.91 Å². The first-order valence-electron chi connectivity index (χ1n) is 7.12. The van der Waals surface area contributed by atoms with Crippen LogP contribution in [0.3, 0.4) is 0 Å². The number of carbonyl (C=O) groups excluding carboxylic acids is 2. The summed E-state index contributed by atoms with van der Waals surface area (Å²) in [4.78, 5) is 23.7. The third-order valence-electron chi connectivity index (χ3n) is 3.00. The van der Waals surface area contributed by atoms with Gasteiger partial charge in [0.2, 0.25) is 5.91 Å². The van der Waals surface area contributed by atoms with Crippen molar-refractivity contribution < 1.29 is 19.1 Å². The second kappa shape index (κ2) is 7.87. The summed E-state index contributed by atoms with van der Waals surface area (Å²) in [5, 5.41) is 15.8. The molecule has 0 aliphatic heterocycles. The van der Waals surface area contributed by atoms with Crippen molar-refractivity contribution in [1.82, 2.24) is 5.43 Å². The summed E-state index contributed by atoms with van der Waals surface area (Å²) >= 11 is 0. The van der Waals surface area contributed by atoms with Crippen LogP contribution in [0.4, 0.5) is 10.1 Å². The van der Waals surface area contributed by atoms with Gasteiger partial charge in [0.05, 0.1) is 6.42 Å². The van der Waals surface area contributed by atoms with Gasteiger partial charge < -0.3 is 10.4 Å². The fraction of sp³-hybridized carbons (Fsp3) is 0.118. The van der Waals surface area contributed by atoms with Crippen LogP contribution in [-0.2, 0) is 4.79 Å². The van der Waals surface area contributed by atoms with Gasteiger partial charge in [-0.3, -0.25) is 9.59 Å². The van der Waals surface area contributed by atoms with Crippen LogP contribution in [0.25, 0.3) is 0 Å². The Hall–Kier alpha value is -3.22. The lowest BCUT2D eigenvalue weighted by atomic mass is 10.2. The molecule has 0 fully saturated rings. The van der Waals surface area contributed by atoms with E-state index in [1.54, 1.807) is 6.92 Å². The monoisotopic (exact) mass is 329 g/mol. The molecule has 0 bridgehead atoms. The lowest BCUT2D eigenvalue weighted by Gasteiger charge is -2.05. The third-order valence-corrected chi connectivity index (χ3v) is 3.00. The second-order valence-corrected chi connectivity index (χ2v) is 5.07. The van der Waals surface area contributed by atoms with Crippen LogP contribution in [0.5, 0.6) is 5.75 Å². The summed E-state index contributed by atoms with van der Waals surface area (Å²) in [5.41, 5.74) is 3.43. The van der Waals surface area contributed by atoms with Gasteiger partial charge in [0, 0.05) is 17.0 Å². The van der Waals surface area contributed by atoms with Crippen LogP contribution < -0.4 is 10.7 Å². The lowest BCUT2D eigenvalue weighted by Crippen LogP contribution is -2.21. The van der Waals surface area contributed by atoms with Crippen LogP contribution in [0.15, 0.2) is 53.6 Å². The Morgan fingerprint density at radius 1 is 1.17 bits per heavy atom. The summed E-state index contributed by atoms with van der Waals surface area (Å²) in [7, 11) is 0. The molecule has 3 N–H and O–H groups in total. The van der Waals surface area contributed by atoms with Crippen molar-refractivity contribution in [3.05, 3.63) is 59.9 Å². The van der Waals surface area contributed by atoms with E-state index in [9.17, 15) is 19.1 Å². The molecule has 0 aliphatic rings. The molecule has 0 atom stereocenters. The molecule has 0 saturated heterocycles. The maximum atomic E-state index is 12.8. The molecule has 0 aromatic heterocycles. The maximum absolute atomic E-state index is 12.8. The Kier molecular flexibility index (Phi) is 5.62. The number of aromatic hydroxyl groups is 1. The van der Waals surface area contributed by atoms with Crippen molar-refractivity contribution in [2.45, 2.75) is 13.3 Å². The third kappa shape index (κ3) is 5.20. The molecule has 0 unspecified atom stereocenters. The Balaban J connectivity index is 1.87. The fourth-order valence-corrected chi connectivity index (χ4v) is 1.87. The molecular weight excluding hydrogens is 313 g/mol. The van der Waals surface area contributed by atoms with Gasteiger partial charge in [0.1, 0.15) is 11.6 Å². The highest BCUT2D eigenvalue weighted by Crippen LogP contribution is 2.11. The molecule has 2 aromatic rings. The summed E-state index contributed by atoms with van der Waals surface area (Å²) in [6.07, 6.45) is -0.0301. The van der Waals surface area contributed by atoms with Crippen molar-refractivity contribution in [3.8, 4) is 5.75 Å². The van der Waals surface area contributed by atoms with Crippen molar-refractivity contribution in [2.75, 3.05) is 5.32 Å². The Morgan fingerprint density at radius 3 is 2.54 bits per heavy atom. The van der Waals surface area contributed by atoms with Crippen LogP contribution in [0.1, 0.15) is 23.7 Å². The smallest absolute Gasteiger partial charge is 0.271 e. The average molecular weight is 329 g/mol. The molecule has 0 spiro atoms. The van der Waals surface area contributed by atoms with E-state index in [1.807, 2.05) is 0 Å². The largest absolute Gasteiger partial charge is 0.508 e. The molecule has 2 aromatic carbocycles. The fourth-order valence-electron chi connectivity index (χ4n) is 1.87. The van der Waals surface area contributed by atoms with Gasteiger partial charge in [0.15, 0.2) is 0 Å². The van der Waals surface area contributed by atoms with E-state index in [2.05, 4.69) is 15.8 Å². The number of hydrazone groups is 1. The Bertz CT molecular complexity index is 773. The van der Waals surface area contributed by atoms with Gasteiger partial charge in [-0.15, -0.1) is 0 Å². The number of phenols is 1. The van der Waals surface area contributed by atoms with Crippen LogP contribution >= 0.6 is 0 Å². The number of hydrogen-bond donors (Lipinski definition) is 3.